The molecular weight excluding hydrogens is 316 g/mol. The van der Waals surface area contributed by atoms with Gasteiger partial charge in [0, 0.05) is 17.8 Å². The molecule has 4 rings (SSSR count). The first-order chi connectivity index (χ1) is 11.7. The Morgan fingerprint density at radius 2 is 1.92 bits per heavy atom. The Balaban J connectivity index is 1.75. The van der Waals surface area contributed by atoms with E-state index in [2.05, 4.69) is 6.92 Å². The Hall–Kier alpha value is -1.00. The quantitative estimate of drug-likeness (QED) is 0.765. The van der Waals surface area contributed by atoms with Gasteiger partial charge in [-0.25, -0.2) is 0 Å². The maximum Gasteiger partial charge on any atom is 0.155 e. The number of aliphatic hydroxyl groups excluding tert-OH is 2. The maximum absolute atomic E-state index is 12.2. The van der Waals surface area contributed by atoms with Crippen molar-refractivity contribution >= 4 is 11.6 Å². The molecule has 0 amide bonds. The van der Waals surface area contributed by atoms with Gasteiger partial charge in [-0.1, -0.05) is 19.4 Å². The second-order valence-electron chi connectivity index (χ2n) is 9.47. The first-order valence-corrected chi connectivity index (χ1v) is 9.80. The molecule has 0 aromatic rings. The van der Waals surface area contributed by atoms with Crippen LogP contribution in [0, 0.1) is 34.5 Å². The zero-order chi connectivity index (χ0) is 18.1. The molecule has 0 aromatic carbocycles. The topological polar surface area (TPSA) is 74.6 Å². The monoisotopic (exact) mass is 346 g/mol. The minimum Gasteiger partial charge on any atom is -0.393 e. The van der Waals surface area contributed by atoms with E-state index in [4.69, 9.17) is 0 Å². The predicted octanol–water partition coefficient (Wildman–Crippen LogP) is 2.67. The summed E-state index contributed by atoms with van der Waals surface area (Å²) in [5, 5.41) is 22.0. The third-order valence-corrected chi connectivity index (χ3v) is 8.55. The summed E-state index contributed by atoms with van der Waals surface area (Å²) >= 11 is 0. The van der Waals surface area contributed by atoms with Gasteiger partial charge in [-0.2, -0.15) is 0 Å². The molecule has 2 N–H and O–H groups in total. The molecule has 3 fully saturated rings. The van der Waals surface area contributed by atoms with Crippen molar-refractivity contribution in [3.8, 4) is 0 Å². The molecule has 0 aliphatic heterocycles. The lowest BCUT2D eigenvalue weighted by molar-refractivity contribution is -0.157. The molecule has 0 radical (unpaired) electrons. The Labute approximate surface area is 149 Å². The first-order valence-electron chi connectivity index (χ1n) is 9.80. The number of hydrogen-bond donors (Lipinski definition) is 2. The summed E-state index contributed by atoms with van der Waals surface area (Å²) in [6.45, 7) is 5.87. The van der Waals surface area contributed by atoms with Crippen molar-refractivity contribution in [1.29, 1.82) is 0 Å². The van der Waals surface area contributed by atoms with Gasteiger partial charge in [0.25, 0.3) is 0 Å². The molecule has 4 aliphatic rings. The second-order valence-corrected chi connectivity index (χ2v) is 9.47. The molecule has 3 saturated carbocycles. The van der Waals surface area contributed by atoms with E-state index < -0.39 is 17.6 Å². The highest BCUT2D eigenvalue weighted by atomic mass is 16.3. The van der Waals surface area contributed by atoms with Crippen molar-refractivity contribution in [1.82, 2.24) is 0 Å². The van der Waals surface area contributed by atoms with Crippen LogP contribution >= 0.6 is 0 Å². The van der Waals surface area contributed by atoms with Crippen LogP contribution in [0.1, 0.15) is 59.3 Å². The number of allylic oxidation sites excluding steroid dienone is 1. The zero-order valence-electron chi connectivity index (χ0n) is 15.5. The molecule has 0 heterocycles. The molecule has 0 aromatic heterocycles. The van der Waals surface area contributed by atoms with E-state index in [1.165, 1.54) is 5.57 Å². The van der Waals surface area contributed by atoms with Gasteiger partial charge in [-0.3, -0.25) is 9.59 Å². The average molecular weight is 346 g/mol. The number of carbonyl (C=O) groups excluding carboxylic acids is 2. The Morgan fingerprint density at radius 1 is 1.20 bits per heavy atom. The van der Waals surface area contributed by atoms with E-state index in [9.17, 15) is 19.8 Å². The fraction of sp³-hybridized carbons (Fsp3) is 0.810. The number of aliphatic hydroxyl groups is 2. The van der Waals surface area contributed by atoms with Gasteiger partial charge >= 0.3 is 0 Å². The Bertz CT molecular complexity index is 652. The van der Waals surface area contributed by atoms with E-state index in [-0.39, 0.29) is 34.7 Å². The molecule has 25 heavy (non-hydrogen) atoms. The molecule has 138 valence electrons. The van der Waals surface area contributed by atoms with E-state index in [1.807, 2.05) is 13.0 Å². The molecule has 0 saturated heterocycles. The average Bonchev–Trinajstić information content (AvgIpc) is 2.82. The normalized spacial score (nSPS) is 52.0. The van der Waals surface area contributed by atoms with Gasteiger partial charge in [0.1, 0.15) is 5.78 Å². The van der Waals surface area contributed by atoms with Crippen LogP contribution in [0.4, 0.5) is 0 Å². The molecular formula is C21H30O4. The second kappa shape index (κ2) is 5.50. The van der Waals surface area contributed by atoms with Crippen molar-refractivity contribution in [2.45, 2.75) is 71.5 Å². The lowest BCUT2D eigenvalue weighted by atomic mass is 9.45. The van der Waals surface area contributed by atoms with Crippen LogP contribution in [0.5, 0.6) is 0 Å². The van der Waals surface area contributed by atoms with Gasteiger partial charge in [0.05, 0.1) is 12.2 Å². The van der Waals surface area contributed by atoms with Crippen molar-refractivity contribution in [3.05, 3.63) is 11.6 Å². The van der Waals surface area contributed by atoms with Crippen LogP contribution in [-0.4, -0.2) is 34.0 Å². The summed E-state index contributed by atoms with van der Waals surface area (Å²) in [5.41, 5.74) is 0.679. The highest BCUT2D eigenvalue weighted by Crippen LogP contribution is 2.66. The smallest absolute Gasteiger partial charge is 0.155 e. The molecule has 4 aliphatic carbocycles. The van der Waals surface area contributed by atoms with Crippen LogP contribution < -0.4 is 0 Å². The van der Waals surface area contributed by atoms with E-state index in [0.717, 1.165) is 19.3 Å². The standard InChI is InChI=1S/C21H30O4/c1-11(22)15-9-17(24)19-14-5-4-12-8-13(23)6-7-20(12,2)16(14)10-18(25)21(15,19)3/h8,14-19,24-25H,4-7,9-10H2,1-3H3/t14-,15-,16+,17?,18?,19-,20+,21+/m1/s1. The number of hydrogen-bond acceptors (Lipinski definition) is 4. The fourth-order valence-corrected chi connectivity index (χ4v) is 7.20. The van der Waals surface area contributed by atoms with Gasteiger partial charge in [-0.15, -0.1) is 0 Å². The zero-order valence-corrected chi connectivity index (χ0v) is 15.5. The molecule has 4 nitrogen and oxygen atoms in total. The number of Topliss-reactive ketones (excluding diaryl/α,β-unsaturated/α-hetero) is 1. The minimum atomic E-state index is -0.571. The van der Waals surface area contributed by atoms with E-state index in [0.29, 0.717) is 25.2 Å². The van der Waals surface area contributed by atoms with Crippen LogP contribution in [0.2, 0.25) is 0 Å². The molecule has 0 bridgehead atoms. The first kappa shape index (κ1) is 17.4. The highest BCUT2D eigenvalue weighted by Gasteiger charge is 2.65. The largest absolute Gasteiger partial charge is 0.393 e. The van der Waals surface area contributed by atoms with E-state index >= 15 is 0 Å². The van der Waals surface area contributed by atoms with Crippen LogP contribution in [0.3, 0.4) is 0 Å². The summed E-state index contributed by atoms with van der Waals surface area (Å²) in [5.74, 6) is 0.654. The summed E-state index contributed by atoms with van der Waals surface area (Å²) in [7, 11) is 0. The van der Waals surface area contributed by atoms with Crippen LogP contribution in [-0.2, 0) is 9.59 Å². The summed E-state index contributed by atoms with van der Waals surface area (Å²) in [6, 6.07) is 0. The molecule has 2 unspecified atom stereocenters. The fourth-order valence-electron chi connectivity index (χ4n) is 7.20. The van der Waals surface area contributed by atoms with Crippen LogP contribution in [0.25, 0.3) is 0 Å². The summed E-state index contributed by atoms with van der Waals surface area (Å²) < 4.78 is 0. The third kappa shape index (κ3) is 2.19. The number of fused-ring (bicyclic) bond motifs is 5. The SMILES string of the molecule is CC(=O)[C@H]1CC(O)[C@H]2[C@@H]3CCC4=CC(=O)CC[C@]4(C)[C@H]3CC(O)[C@]12C. The number of carbonyl (C=O) groups is 2. The van der Waals surface area contributed by atoms with E-state index in [1.54, 1.807) is 6.92 Å². The Morgan fingerprint density at radius 3 is 2.60 bits per heavy atom. The molecule has 4 heteroatoms. The number of ketones is 2. The van der Waals surface area contributed by atoms with Crippen molar-refractivity contribution in [2.75, 3.05) is 0 Å². The minimum absolute atomic E-state index is 0.0221. The Kier molecular flexibility index (Phi) is 3.83. The summed E-state index contributed by atoms with van der Waals surface area (Å²) in [6.07, 6.45) is 5.21. The summed E-state index contributed by atoms with van der Waals surface area (Å²) in [4.78, 5) is 24.1. The van der Waals surface area contributed by atoms with Gasteiger partial charge in [-0.05, 0) is 68.3 Å². The van der Waals surface area contributed by atoms with Gasteiger partial charge in [0.15, 0.2) is 5.78 Å². The predicted molar refractivity (Wildman–Crippen MR) is 93.7 cm³/mol. The lowest BCUT2D eigenvalue weighted by Crippen LogP contribution is -2.58. The van der Waals surface area contributed by atoms with Crippen LogP contribution in [0.15, 0.2) is 11.6 Å². The number of rotatable bonds is 1. The lowest BCUT2D eigenvalue weighted by Gasteiger charge is -2.59. The maximum atomic E-state index is 12.2. The van der Waals surface area contributed by atoms with Gasteiger partial charge < -0.3 is 10.2 Å². The van der Waals surface area contributed by atoms with Crippen molar-refractivity contribution in [2.24, 2.45) is 34.5 Å². The third-order valence-electron chi connectivity index (χ3n) is 8.55. The van der Waals surface area contributed by atoms with Gasteiger partial charge in [0.2, 0.25) is 0 Å². The molecule has 8 atom stereocenters. The van der Waals surface area contributed by atoms with Crippen molar-refractivity contribution in [3.63, 3.8) is 0 Å². The molecule has 0 spiro atoms. The highest BCUT2D eigenvalue weighted by molar-refractivity contribution is 5.91. The van der Waals surface area contributed by atoms with Crippen molar-refractivity contribution < 1.29 is 19.8 Å².